The van der Waals surface area contributed by atoms with E-state index < -0.39 is 23.8 Å². The molecule has 0 aromatic heterocycles. The van der Waals surface area contributed by atoms with E-state index in [1.165, 1.54) is 29.2 Å². The van der Waals surface area contributed by atoms with Crippen molar-refractivity contribution in [3.05, 3.63) is 95.8 Å². The predicted molar refractivity (Wildman–Crippen MR) is 119 cm³/mol. The molecule has 0 saturated carbocycles. The van der Waals surface area contributed by atoms with E-state index in [0.717, 1.165) is 16.0 Å². The monoisotopic (exact) mass is 431 g/mol. The van der Waals surface area contributed by atoms with Gasteiger partial charge in [-0.3, -0.25) is 9.59 Å². The molecule has 6 nitrogen and oxygen atoms in total. The van der Waals surface area contributed by atoms with Crippen LogP contribution < -0.4 is 10.2 Å². The molecule has 162 valence electrons. The Kier molecular flexibility index (Phi) is 5.98. The maximum absolute atomic E-state index is 13.4. The average Bonchev–Trinajstić information content (AvgIpc) is 3.00. The second-order valence-corrected chi connectivity index (χ2v) is 7.68. The second kappa shape index (κ2) is 9.01. The molecule has 0 aliphatic carbocycles. The van der Waals surface area contributed by atoms with Crippen LogP contribution >= 0.6 is 0 Å². The molecule has 0 spiro atoms. The minimum absolute atomic E-state index is 0.172. The molecule has 4 rings (SSSR count). The van der Waals surface area contributed by atoms with Crippen molar-refractivity contribution in [2.45, 2.75) is 25.9 Å². The van der Waals surface area contributed by atoms with Gasteiger partial charge in [-0.15, -0.1) is 0 Å². The number of nitrogens with one attached hydrogen (secondary N) is 1. The van der Waals surface area contributed by atoms with Crippen molar-refractivity contribution < 1.29 is 18.8 Å². The van der Waals surface area contributed by atoms with Gasteiger partial charge in [-0.05, 0) is 48.9 Å². The topological polar surface area (TPSA) is 69.7 Å². The number of nitrogens with zero attached hydrogens (tertiary/aromatic N) is 2. The fourth-order valence-electron chi connectivity index (χ4n) is 3.64. The van der Waals surface area contributed by atoms with Gasteiger partial charge in [0, 0.05) is 12.2 Å². The van der Waals surface area contributed by atoms with Crippen LogP contribution in [0.3, 0.4) is 0 Å². The lowest BCUT2D eigenvalue weighted by Crippen LogP contribution is -2.37. The first kappa shape index (κ1) is 21.2. The van der Waals surface area contributed by atoms with E-state index in [1.807, 2.05) is 37.3 Å². The number of hydrogen-bond donors (Lipinski definition) is 1. The van der Waals surface area contributed by atoms with Crippen LogP contribution in [0.2, 0.25) is 0 Å². The zero-order chi connectivity index (χ0) is 22.7. The van der Waals surface area contributed by atoms with Crippen LogP contribution in [0.5, 0.6) is 0 Å². The first-order valence-corrected chi connectivity index (χ1v) is 10.2. The fraction of sp³-hybridized carbons (Fsp3) is 0.160. The lowest BCUT2D eigenvalue weighted by Gasteiger charge is -2.22. The third-order valence-electron chi connectivity index (χ3n) is 5.31. The molecule has 32 heavy (non-hydrogen) atoms. The Morgan fingerprint density at radius 1 is 0.938 bits per heavy atom. The number of amides is 4. The Bertz CT molecular complexity index is 1130. The number of halogens is 1. The smallest absolute Gasteiger partial charge is 0.326 e. The molecule has 3 aromatic carbocycles. The van der Waals surface area contributed by atoms with Gasteiger partial charge in [-0.25, -0.2) is 14.1 Å². The molecule has 0 radical (unpaired) electrons. The number of benzene rings is 3. The van der Waals surface area contributed by atoms with Gasteiger partial charge in [-0.1, -0.05) is 48.0 Å². The molecule has 0 unspecified atom stereocenters. The van der Waals surface area contributed by atoms with Crippen molar-refractivity contribution in [2.24, 2.45) is 0 Å². The first-order valence-electron chi connectivity index (χ1n) is 10.2. The number of anilines is 2. The predicted octanol–water partition coefficient (Wildman–Crippen LogP) is 4.50. The summed E-state index contributed by atoms with van der Waals surface area (Å²) in [6.45, 7) is 2.13. The molecule has 0 bridgehead atoms. The minimum atomic E-state index is -0.974. The highest BCUT2D eigenvalue weighted by molar-refractivity contribution is 6.22. The number of imide groups is 1. The molecule has 1 aliphatic heterocycles. The van der Waals surface area contributed by atoms with Crippen LogP contribution in [-0.4, -0.2) is 28.8 Å². The lowest BCUT2D eigenvalue weighted by molar-refractivity contribution is -0.124. The summed E-state index contributed by atoms with van der Waals surface area (Å²) in [7, 11) is 0. The highest BCUT2D eigenvalue weighted by atomic mass is 19.1. The summed E-state index contributed by atoms with van der Waals surface area (Å²) in [4.78, 5) is 41.5. The van der Waals surface area contributed by atoms with Gasteiger partial charge in [0.15, 0.2) is 0 Å². The van der Waals surface area contributed by atoms with E-state index in [0.29, 0.717) is 5.69 Å². The molecule has 7 heteroatoms. The Morgan fingerprint density at radius 3 is 2.25 bits per heavy atom. The number of carbonyl (C=O) groups excluding carboxylic acids is 3. The molecule has 1 atom stereocenters. The van der Waals surface area contributed by atoms with Gasteiger partial charge in [0.2, 0.25) is 5.91 Å². The van der Waals surface area contributed by atoms with Crippen molar-refractivity contribution in [2.75, 3.05) is 10.2 Å². The van der Waals surface area contributed by atoms with Crippen molar-refractivity contribution in [3.8, 4) is 0 Å². The molecule has 1 fully saturated rings. The maximum atomic E-state index is 13.4. The highest BCUT2D eigenvalue weighted by Gasteiger charge is 2.46. The van der Waals surface area contributed by atoms with E-state index in [-0.39, 0.29) is 24.6 Å². The summed E-state index contributed by atoms with van der Waals surface area (Å²) < 4.78 is 13.4. The third kappa shape index (κ3) is 4.51. The van der Waals surface area contributed by atoms with E-state index in [2.05, 4.69) is 5.32 Å². The van der Waals surface area contributed by atoms with Crippen LogP contribution in [0.4, 0.5) is 20.6 Å². The molecule has 1 aliphatic rings. The van der Waals surface area contributed by atoms with Crippen molar-refractivity contribution in [1.29, 1.82) is 0 Å². The van der Waals surface area contributed by atoms with Gasteiger partial charge in [-0.2, -0.15) is 0 Å². The average molecular weight is 431 g/mol. The van der Waals surface area contributed by atoms with Crippen molar-refractivity contribution in [3.63, 3.8) is 0 Å². The van der Waals surface area contributed by atoms with E-state index in [4.69, 9.17) is 0 Å². The summed E-state index contributed by atoms with van der Waals surface area (Å²) in [6.07, 6.45) is -0.191. The van der Waals surface area contributed by atoms with Crippen LogP contribution in [0.15, 0.2) is 78.9 Å². The normalized spacial score (nSPS) is 15.9. The molecule has 1 heterocycles. The number of carbonyl (C=O) groups is 3. The summed E-state index contributed by atoms with van der Waals surface area (Å²) in [5.41, 5.74) is 2.78. The van der Waals surface area contributed by atoms with E-state index in [1.54, 1.807) is 24.3 Å². The summed E-state index contributed by atoms with van der Waals surface area (Å²) >= 11 is 0. The van der Waals surface area contributed by atoms with Gasteiger partial charge in [0.05, 0.1) is 12.1 Å². The maximum Gasteiger partial charge on any atom is 0.332 e. The number of hydrogen-bond acceptors (Lipinski definition) is 3. The molecule has 3 aromatic rings. The summed E-state index contributed by atoms with van der Waals surface area (Å²) in [6, 6.07) is 20.1. The highest BCUT2D eigenvalue weighted by Crippen LogP contribution is 2.29. The fourth-order valence-corrected chi connectivity index (χ4v) is 3.64. The Morgan fingerprint density at radius 2 is 1.59 bits per heavy atom. The summed E-state index contributed by atoms with van der Waals surface area (Å²) in [5.74, 6) is -1.36. The number of rotatable bonds is 6. The SMILES string of the molecule is Cc1ccc(CN2C(=O)N(c3ccc(F)cc3)C(=O)[C@H]2CC(=O)Nc2ccccc2)cc1. The zero-order valence-electron chi connectivity index (χ0n) is 17.5. The number of aryl methyl sites for hydroxylation is 1. The Hall–Kier alpha value is -4.00. The Balaban J connectivity index is 1.60. The molecule has 1 N–H and O–H groups in total. The van der Waals surface area contributed by atoms with Gasteiger partial charge in [0.25, 0.3) is 5.91 Å². The van der Waals surface area contributed by atoms with Gasteiger partial charge >= 0.3 is 6.03 Å². The molecule has 4 amide bonds. The van der Waals surface area contributed by atoms with E-state index >= 15 is 0 Å². The van der Waals surface area contributed by atoms with E-state index in [9.17, 15) is 18.8 Å². The number of para-hydroxylation sites is 1. The zero-order valence-corrected chi connectivity index (χ0v) is 17.5. The molecule has 1 saturated heterocycles. The minimum Gasteiger partial charge on any atom is -0.326 e. The Labute approximate surface area is 185 Å². The van der Waals surface area contributed by atoms with Crippen molar-refractivity contribution in [1.82, 2.24) is 4.90 Å². The molecular formula is C25H22FN3O3. The number of urea groups is 1. The molecular weight excluding hydrogens is 409 g/mol. The third-order valence-corrected chi connectivity index (χ3v) is 5.31. The first-order chi connectivity index (χ1) is 15.4. The van der Waals surface area contributed by atoms with Crippen LogP contribution in [-0.2, 0) is 16.1 Å². The summed E-state index contributed by atoms with van der Waals surface area (Å²) in [5, 5.41) is 2.76. The van der Waals surface area contributed by atoms with Crippen LogP contribution in [0, 0.1) is 12.7 Å². The van der Waals surface area contributed by atoms with Crippen molar-refractivity contribution >= 4 is 29.2 Å². The van der Waals surface area contributed by atoms with Crippen LogP contribution in [0.25, 0.3) is 0 Å². The standard InChI is InChI=1S/C25H22FN3O3/c1-17-7-9-18(10-8-17)16-28-22(15-23(30)27-20-5-3-2-4-6-20)24(31)29(25(28)32)21-13-11-19(26)12-14-21/h2-14,22H,15-16H2,1H3,(H,27,30)/t22-/m1/s1. The van der Waals surface area contributed by atoms with Gasteiger partial charge in [0.1, 0.15) is 11.9 Å². The quantitative estimate of drug-likeness (QED) is 0.584. The van der Waals surface area contributed by atoms with Gasteiger partial charge < -0.3 is 10.2 Å². The lowest BCUT2D eigenvalue weighted by atomic mass is 10.1. The second-order valence-electron chi connectivity index (χ2n) is 7.68. The van der Waals surface area contributed by atoms with Crippen LogP contribution in [0.1, 0.15) is 17.5 Å². The largest absolute Gasteiger partial charge is 0.332 e.